The van der Waals surface area contributed by atoms with Crippen LogP contribution in [0.25, 0.3) is 0 Å². The quantitative estimate of drug-likeness (QED) is 0.469. The molecule has 1 aliphatic rings. The van der Waals surface area contributed by atoms with Gasteiger partial charge in [0.1, 0.15) is 0 Å². The van der Waals surface area contributed by atoms with Crippen molar-refractivity contribution in [3.05, 3.63) is 0 Å². The molecule has 0 aromatic heterocycles. The van der Waals surface area contributed by atoms with Gasteiger partial charge >= 0.3 is 0 Å². The highest BCUT2D eigenvalue weighted by atomic mass is 32.2. The molecule has 0 radical (unpaired) electrons. The molecule has 0 aliphatic heterocycles. The Bertz CT molecular complexity index is 117. The standard InChI is InChI=1S/C9H17NS/c1-11-10-8-7-9-5-3-2-4-6-9/h8-9H,2-7H2,1H3. The van der Waals surface area contributed by atoms with E-state index >= 15 is 0 Å². The normalized spacial score (nSPS) is 21.2. The van der Waals surface area contributed by atoms with Gasteiger partial charge in [-0.3, -0.25) is 0 Å². The predicted molar refractivity (Wildman–Crippen MR) is 53.2 cm³/mol. The van der Waals surface area contributed by atoms with E-state index in [9.17, 15) is 0 Å². The molecular formula is C9H17NS. The molecule has 0 unspecified atom stereocenters. The SMILES string of the molecule is CSN=CCC1CCCCC1. The summed E-state index contributed by atoms with van der Waals surface area (Å²) in [4.78, 5) is 0. The van der Waals surface area contributed by atoms with E-state index < -0.39 is 0 Å². The predicted octanol–water partition coefficient (Wildman–Crippen LogP) is 3.31. The fourth-order valence-corrected chi connectivity index (χ4v) is 1.92. The van der Waals surface area contributed by atoms with Gasteiger partial charge in [0.25, 0.3) is 0 Å². The van der Waals surface area contributed by atoms with Crippen LogP contribution in [0.5, 0.6) is 0 Å². The molecule has 1 fully saturated rings. The van der Waals surface area contributed by atoms with Gasteiger partial charge in [0.2, 0.25) is 0 Å². The summed E-state index contributed by atoms with van der Waals surface area (Å²) < 4.78 is 4.16. The van der Waals surface area contributed by atoms with E-state index in [4.69, 9.17) is 0 Å². The summed E-state index contributed by atoms with van der Waals surface area (Å²) in [5.74, 6) is 0.944. The van der Waals surface area contributed by atoms with Crippen LogP contribution in [0.3, 0.4) is 0 Å². The van der Waals surface area contributed by atoms with Crippen molar-refractivity contribution in [3.63, 3.8) is 0 Å². The second kappa shape index (κ2) is 5.64. The largest absolute Gasteiger partial charge is 0.229 e. The first-order valence-electron chi connectivity index (χ1n) is 4.48. The molecule has 0 heterocycles. The van der Waals surface area contributed by atoms with Crippen molar-refractivity contribution < 1.29 is 0 Å². The fraction of sp³-hybridized carbons (Fsp3) is 0.889. The van der Waals surface area contributed by atoms with Crippen molar-refractivity contribution in [2.24, 2.45) is 10.3 Å². The van der Waals surface area contributed by atoms with Crippen LogP contribution in [0.15, 0.2) is 4.40 Å². The summed E-state index contributed by atoms with van der Waals surface area (Å²) in [6.07, 6.45) is 12.5. The Morgan fingerprint density at radius 1 is 1.36 bits per heavy atom. The molecule has 0 amide bonds. The summed E-state index contributed by atoms with van der Waals surface area (Å²) in [7, 11) is 0. The molecule has 64 valence electrons. The Labute approximate surface area is 73.8 Å². The highest BCUT2D eigenvalue weighted by molar-refractivity contribution is 7.97. The average Bonchev–Trinajstić information content (AvgIpc) is 2.07. The molecule has 2 heteroatoms. The van der Waals surface area contributed by atoms with Crippen molar-refractivity contribution in [2.75, 3.05) is 6.26 Å². The van der Waals surface area contributed by atoms with E-state index in [0.717, 1.165) is 5.92 Å². The first-order valence-corrected chi connectivity index (χ1v) is 5.66. The first kappa shape index (κ1) is 9.11. The number of nitrogens with zero attached hydrogens (tertiary/aromatic N) is 1. The Kier molecular flexibility index (Phi) is 4.67. The molecule has 0 aromatic carbocycles. The second-order valence-corrected chi connectivity index (χ2v) is 3.79. The lowest BCUT2D eigenvalue weighted by Gasteiger charge is -2.19. The summed E-state index contributed by atoms with van der Waals surface area (Å²) in [6, 6.07) is 0. The molecule has 0 spiro atoms. The third-order valence-electron chi connectivity index (χ3n) is 2.34. The average molecular weight is 171 g/mol. The minimum absolute atomic E-state index is 0.944. The minimum Gasteiger partial charge on any atom is -0.229 e. The van der Waals surface area contributed by atoms with Crippen molar-refractivity contribution >= 4 is 18.2 Å². The molecule has 0 atom stereocenters. The monoisotopic (exact) mass is 171 g/mol. The van der Waals surface area contributed by atoms with Gasteiger partial charge in [-0.2, -0.15) is 0 Å². The van der Waals surface area contributed by atoms with Crippen molar-refractivity contribution in [3.8, 4) is 0 Å². The number of hydrogen-bond donors (Lipinski definition) is 0. The summed E-state index contributed by atoms with van der Waals surface area (Å²) in [5, 5.41) is 0. The van der Waals surface area contributed by atoms with Gasteiger partial charge in [-0.05, 0) is 24.3 Å². The Balaban J connectivity index is 2.09. The molecule has 0 saturated heterocycles. The van der Waals surface area contributed by atoms with Gasteiger partial charge in [0.05, 0.1) is 0 Å². The number of hydrogen-bond acceptors (Lipinski definition) is 2. The molecule has 0 aromatic rings. The van der Waals surface area contributed by atoms with E-state index in [1.54, 1.807) is 11.9 Å². The van der Waals surface area contributed by atoms with Gasteiger partial charge in [-0.1, -0.05) is 32.1 Å². The van der Waals surface area contributed by atoms with Crippen LogP contribution >= 0.6 is 11.9 Å². The summed E-state index contributed by atoms with van der Waals surface area (Å²) >= 11 is 1.56. The van der Waals surface area contributed by atoms with Crippen LogP contribution in [-0.4, -0.2) is 12.5 Å². The van der Waals surface area contributed by atoms with Crippen molar-refractivity contribution in [1.82, 2.24) is 0 Å². The van der Waals surface area contributed by atoms with Crippen LogP contribution in [-0.2, 0) is 0 Å². The molecular weight excluding hydrogens is 154 g/mol. The highest BCUT2D eigenvalue weighted by Crippen LogP contribution is 2.25. The Hall–Kier alpha value is 0.0200. The maximum Gasteiger partial charge on any atom is 0.0128 e. The topological polar surface area (TPSA) is 12.4 Å². The van der Waals surface area contributed by atoms with Crippen molar-refractivity contribution in [1.29, 1.82) is 0 Å². The lowest BCUT2D eigenvalue weighted by molar-refractivity contribution is 0.370. The molecule has 0 N–H and O–H groups in total. The van der Waals surface area contributed by atoms with E-state index in [0.29, 0.717) is 0 Å². The number of rotatable bonds is 3. The van der Waals surface area contributed by atoms with E-state index in [1.165, 1.54) is 38.5 Å². The van der Waals surface area contributed by atoms with E-state index in [2.05, 4.69) is 10.6 Å². The van der Waals surface area contributed by atoms with E-state index in [-0.39, 0.29) is 0 Å². The van der Waals surface area contributed by atoms with Crippen LogP contribution in [0.4, 0.5) is 0 Å². The van der Waals surface area contributed by atoms with Gasteiger partial charge in [-0.25, -0.2) is 4.40 Å². The zero-order chi connectivity index (χ0) is 7.94. The van der Waals surface area contributed by atoms with Crippen LogP contribution in [0, 0.1) is 5.92 Å². The molecule has 1 rings (SSSR count). The maximum atomic E-state index is 4.16. The smallest absolute Gasteiger partial charge is 0.0128 e. The zero-order valence-electron chi connectivity index (χ0n) is 7.25. The van der Waals surface area contributed by atoms with Gasteiger partial charge in [0.15, 0.2) is 0 Å². The highest BCUT2D eigenvalue weighted by Gasteiger charge is 2.11. The molecule has 0 bridgehead atoms. The lowest BCUT2D eigenvalue weighted by atomic mass is 9.87. The van der Waals surface area contributed by atoms with Gasteiger partial charge in [-0.15, -0.1) is 0 Å². The fourth-order valence-electron chi connectivity index (χ4n) is 1.69. The van der Waals surface area contributed by atoms with Crippen LogP contribution in [0.1, 0.15) is 38.5 Å². The van der Waals surface area contributed by atoms with Gasteiger partial charge < -0.3 is 0 Å². The summed E-state index contributed by atoms with van der Waals surface area (Å²) in [6.45, 7) is 0. The first-order chi connectivity index (χ1) is 5.43. The Morgan fingerprint density at radius 2 is 2.09 bits per heavy atom. The second-order valence-electron chi connectivity index (χ2n) is 3.21. The lowest BCUT2D eigenvalue weighted by Crippen LogP contribution is -2.05. The Morgan fingerprint density at radius 3 is 2.73 bits per heavy atom. The molecule has 11 heavy (non-hydrogen) atoms. The molecule has 1 aliphatic carbocycles. The molecule has 1 nitrogen and oxygen atoms in total. The van der Waals surface area contributed by atoms with Crippen LogP contribution < -0.4 is 0 Å². The third-order valence-corrected chi connectivity index (χ3v) is 2.70. The maximum absolute atomic E-state index is 4.16. The minimum atomic E-state index is 0.944. The summed E-state index contributed by atoms with van der Waals surface area (Å²) in [5.41, 5.74) is 0. The van der Waals surface area contributed by atoms with Crippen LogP contribution in [0.2, 0.25) is 0 Å². The molecule has 1 saturated carbocycles. The van der Waals surface area contributed by atoms with E-state index in [1.807, 2.05) is 6.26 Å². The van der Waals surface area contributed by atoms with Crippen molar-refractivity contribution in [2.45, 2.75) is 38.5 Å². The third kappa shape index (κ3) is 3.80. The van der Waals surface area contributed by atoms with Gasteiger partial charge in [0, 0.05) is 12.5 Å². The zero-order valence-corrected chi connectivity index (χ0v) is 8.07.